The van der Waals surface area contributed by atoms with E-state index in [2.05, 4.69) is 44.2 Å². The summed E-state index contributed by atoms with van der Waals surface area (Å²) in [4.78, 5) is 8.56. The minimum Gasteiger partial charge on any atom is -0.450 e. The van der Waals surface area contributed by atoms with Gasteiger partial charge >= 0.3 is 6.16 Å². The lowest BCUT2D eigenvalue weighted by Crippen LogP contribution is -1.89. The Bertz CT molecular complexity index is 303. The van der Waals surface area contributed by atoms with E-state index in [4.69, 9.17) is 15.0 Å². The van der Waals surface area contributed by atoms with E-state index in [1.54, 1.807) is 0 Å². The molecule has 18 heavy (non-hydrogen) atoms. The van der Waals surface area contributed by atoms with Gasteiger partial charge in [-0.2, -0.15) is 0 Å². The van der Waals surface area contributed by atoms with Gasteiger partial charge in [-0.15, -0.1) is 0 Å². The minimum absolute atomic E-state index is 0.867. The van der Waals surface area contributed by atoms with E-state index < -0.39 is 6.16 Å². The fourth-order valence-electron chi connectivity index (χ4n) is 1.70. The van der Waals surface area contributed by atoms with Gasteiger partial charge in [-0.05, 0) is 24.3 Å². The summed E-state index contributed by atoms with van der Waals surface area (Å²) in [6.07, 6.45) is 4.92. The van der Waals surface area contributed by atoms with Crippen molar-refractivity contribution in [3.05, 3.63) is 35.9 Å². The van der Waals surface area contributed by atoms with Crippen LogP contribution in [-0.4, -0.2) is 16.4 Å². The molecule has 0 unspecified atom stereocenters. The van der Waals surface area contributed by atoms with Crippen molar-refractivity contribution in [1.29, 1.82) is 0 Å². The second kappa shape index (κ2) is 10.6. The Morgan fingerprint density at radius 2 is 1.61 bits per heavy atom. The van der Waals surface area contributed by atoms with Crippen LogP contribution in [0.3, 0.4) is 0 Å². The number of benzene rings is 1. The molecule has 1 aromatic carbocycles. The molecule has 1 rings (SSSR count). The van der Waals surface area contributed by atoms with Gasteiger partial charge in [0.1, 0.15) is 0 Å². The van der Waals surface area contributed by atoms with Crippen molar-refractivity contribution in [3.8, 4) is 0 Å². The predicted octanol–water partition coefficient (Wildman–Crippen LogP) is 4.67. The van der Waals surface area contributed by atoms with Crippen molar-refractivity contribution < 1.29 is 15.0 Å². The van der Waals surface area contributed by atoms with E-state index in [1.165, 1.54) is 37.7 Å². The number of carboxylic acid groups (broad SMARTS) is 2. The van der Waals surface area contributed by atoms with Gasteiger partial charge in [-0.3, -0.25) is 0 Å². The molecule has 0 aromatic heterocycles. The van der Waals surface area contributed by atoms with Gasteiger partial charge in [0.05, 0.1) is 0 Å². The molecule has 0 bridgehead atoms. The van der Waals surface area contributed by atoms with E-state index >= 15 is 0 Å². The molecule has 0 fully saturated rings. The zero-order valence-electron chi connectivity index (χ0n) is 11.3. The summed E-state index contributed by atoms with van der Waals surface area (Å²) in [5, 5.41) is 13.9. The average molecular weight is 252 g/mol. The molecule has 3 heteroatoms. The van der Waals surface area contributed by atoms with Crippen molar-refractivity contribution in [1.82, 2.24) is 0 Å². The van der Waals surface area contributed by atoms with Crippen LogP contribution < -0.4 is 0 Å². The number of hydrogen-bond acceptors (Lipinski definition) is 1. The maximum Gasteiger partial charge on any atom is 0.503 e. The van der Waals surface area contributed by atoms with Gasteiger partial charge in [0.25, 0.3) is 0 Å². The molecule has 0 radical (unpaired) electrons. The Morgan fingerprint density at radius 3 is 2.11 bits per heavy atom. The predicted molar refractivity (Wildman–Crippen MR) is 74.1 cm³/mol. The van der Waals surface area contributed by atoms with Gasteiger partial charge in [0.2, 0.25) is 0 Å². The van der Waals surface area contributed by atoms with Gasteiger partial charge in [0, 0.05) is 0 Å². The third-order valence-corrected chi connectivity index (χ3v) is 2.59. The standard InChI is InChI=1S/C14H22.CH2O3/c1-13(2)9-5-3-6-10-14-11-7-4-8-12-14;2-1(3)4/h4,7-8,11-13H,3,5-6,9-10H2,1-2H3;(H2,2,3,4). The van der Waals surface area contributed by atoms with Crippen LogP contribution in [-0.2, 0) is 6.42 Å². The van der Waals surface area contributed by atoms with Gasteiger partial charge in [-0.25, -0.2) is 4.79 Å². The maximum atomic E-state index is 8.56. The molecule has 0 atom stereocenters. The molecule has 0 aliphatic heterocycles. The van der Waals surface area contributed by atoms with E-state index in [1.807, 2.05) is 0 Å². The fourth-order valence-corrected chi connectivity index (χ4v) is 1.70. The lowest BCUT2D eigenvalue weighted by atomic mass is 10.0. The zero-order valence-corrected chi connectivity index (χ0v) is 11.3. The summed E-state index contributed by atoms with van der Waals surface area (Å²) in [6.45, 7) is 4.61. The number of aryl methyl sites for hydroxylation is 1. The van der Waals surface area contributed by atoms with Crippen molar-refractivity contribution in [2.45, 2.75) is 46.0 Å². The summed E-state index contributed by atoms with van der Waals surface area (Å²) in [5.74, 6) is 0.867. The molecule has 0 aliphatic carbocycles. The van der Waals surface area contributed by atoms with Crippen LogP contribution in [0.15, 0.2) is 30.3 Å². The third-order valence-electron chi connectivity index (χ3n) is 2.59. The molecule has 0 spiro atoms. The molecule has 3 nitrogen and oxygen atoms in total. The molecule has 0 saturated carbocycles. The smallest absolute Gasteiger partial charge is 0.450 e. The Kier molecular flexibility index (Phi) is 9.74. The van der Waals surface area contributed by atoms with Gasteiger partial charge in [0.15, 0.2) is 0 Å². The number of unbranched alkanes of at least 4 members (excludes halogenated alkanes) is 2. The monoisotopic (exact) mass is 252 g/mol. The average Bonchev–Trinajstić information content (AvgIpc) is 2.29. The molecule has 0 saturated heterocycles. The molecule has 0 heterocycles. The van der Waals surface area contributed by atoms with E-state index in [-0.39, 0.29) is 0 Å². The van der Waals surface area contributed by atoms with Gasteiger partial charge < -0.3 is 10.2 Å². The topological polar surface area (TPSA) is 57.5 Å². The zero-order chi connectivity index (χ0) is 13.8. The summed E-state index contributed by atoms with van der Waals surface area (Å²) < 4.78 is 0. The second-order valence-electron chi connectivity index (χ2n) is 4.76. The summed E-state index contributed by atoms with van der Waals surface area (Å²) >= 11 is 0. The largest absolute Gasteiger partial charge is 0.503 e. The van der Waals surface area contributed by atoms with E-state index in [0.717, 1.165) is 5.92 Å². The van der Waals surface area contributed by atoms with Crippen LogP contribution in [0.25, 0.3) is 0 Å². The quantitative estimate of drug-likeness (QED) is 0.723. The summed E-state index contributed by atoms with van der Waals surface area (Å²) in [5.41, 5.74) is 1.48. The molecule has 1 aromatic rings. The normalized spacial score (nSPS) is 9.72. The second-order valence-corrected chi connectivity index (χ2v) is 4.76. The van der Waals surface area contributed by atoms with Crippen molar-refractivity contribution in [2.75, 3.05) is 0 Å². The number of rotatable bonds is 6. The Balaban J connectivity index is 0.000000631. The fraction of sp³-hybridized carbons (Fsp3) is 0.533. The molecule has 102 valence electrons. The molecule has 0 amide bonds. The minimum atomic E-state index is -1.83. The Labute approximate surface area is 109 Å². The SMILES string of the molecule is CC(C)CCCCCc1ccccc1.O=C(O)O. The van der Waals surface area contributed by atoms with Crippen LogP contribution in [0.1, 0.15) is 45.1 Å². The molecule has 0 aliphatic rings. The summed E-state index contributed by atoms with van der Waals surface area (Å²) in [7, 11) is 0. The highest BCUT2D eigenvalue weighted by atomic mass is 16.6. The van der Waals surface area contributed by atoms with Crippen LogP contribution >= 0.6 is 0 Å². The van der Waals surface area contributed by atoms with Crippen LogP contribution in [0.4, 0.5) is 4.79 Å². The molecule has 2 N–H and O–H groups in total. The lowest BCUT2D eigenvalue weighted by molar-refractivity contribution is 0.137. The van der Waals surface area contributed by atoms with E-state index in [9.17, 15) is 0 Å². The Morgan fingerprint density at radius 1 is 1.06 bits per heavy atom. The third kappa shape index (κ3) is 12.6. The number of hydrogen-bond donors (Lipinski definition) is 2. The number of carbonyl (C=O) groups is 1. The highest BCUT2D eigenvalue weighted by Crippen LogP contribution is 2.10. The maximum absolute atomic E-state index is 8.56. The van der Waals surface area contributed by atoms with Gasteiger partial charge in [-0.1, -0.05) is 63.4 Å². The molecular formula is C15H24O3. The lowest BCUT2D eigenvalue weighted by Gasteiger charge is -2.04. The molecular weight excluding hydrogens is 228 g/mol. The highest BCUT2D eigenvalue weighted by molar-refractivity contribution is 5.53. The first-order chi connectivity index (χ1) is 8.52. The highest BCUT2D eigenvalue weighted by Gasteiger charge is 1.95. The van der Waals surface area contributed by atoms with Crippen molar-refractivity contribution in [2.24, 2.45) is 5.92 Å². The first-order valence-corrected chi connectivity index (χ1v) is 6.48. The first-order valence-electron chi connectivity index (χ1n) is 6.48. The van der Waals surface area contributed by atoms with Crippen LogP contribution in [0.5, 0.6) is 0 Å². The Hall–Kier alpha value is -1.51. The van der Waals surface area contributed by atoms with Crippen LogP contribution in [0.2, 0.25) is 0 Å². The van der Waals surface area contributed by atoms with Crippen LogP contribution in [0, 0.1) is 5.92 Å². The van der Waals surface area contributed by atoms with E-state index in [0.29, 0.717) is 0 Å². The van der Waals surface area contributed by atoms with Crippen molar-refractivity contribution >= 4 is 6.16 Å². The first kappa shape index (κ1) is 16.5. The summed E-state index contributed by atoms with van der Waals surface area (Å²) in [6, 6.07) is 10.8. The van der Waals surface area contributed by atoms with Crippen molar-refractivity contribution in [3.63, 3.8) is 0 Å².